The summed E-state index contributed by atoms with van der Waals surface area (Å²) in [6.07, 6.45) is 3.40. The van der Waals surface area contributed by atoms with Crippen molar-refractivity contribution in [1.29, 1.82) is 0 Å². The van der Waals surface area contributed by atoms with E-state index in [2.05, 4.69) is 4.98 Å². The van der Waals surface area contributed by atoms with Crippen molar-refractivity contribution >= 4 is 15.6 Å². The molecule has 3 aromatic rings. The second kappa shape index (κ2) is 7.95. The number of rotatable bonds is 6. The summed E-state index contributed by atoms with van der Waals surface area (Å²) in [4.78, 5) is 16.8. The summed E-state index contributed by atoms with van der Waals surface area (Å²) < 4.78 is 29.2. The van der Waals surface area contributed by atoms with Gasteiger partial charge in [-0.05, 0) is 56.5 Å². The van der Waals surface area contributed by atoms with Crippen LogP contribution in [0, 0.1) is 6.92 Å². The van der Waals surface area contributed by atoms with Crippen molar-refractivity contribution in [3.63, 3.8) is 0 Å². The molecule has 1 heterocycles. The van der Waals surface area contributed by atoms with Gasteiger partial charge >= 0.3 is 0 Å². The molecule has 0 N–H and O–H groups in total. The first kappa shape index (κ1) is 21.0. The third kappa shape index (κ3) is 4.82. The minimum Gasteiger partial charge on any atom is -0.445 e. The first-order valence-electron chi connectivity index (χ1n) is 9.41. The average molecular weight is 412 g/mol. The van der Waals surface area contributed by atoms with Crippen molar-refractivity contribution in [2.75, 3.05) is 0 Å². The van der Waals surface area contributed by atoms with Gasteiger partial charge in [-0.1, -0.05) is 30.3 Å². The molecule has 0 unspecified atom stereocenters. The van der Waals surface area contributed by atoms with E-state index in [0.717, 1.165) is 16.7 Å². The Bertz CT molecular complexity index is 1110. The van der Waals surface area contributed by atoms with Gasteiger partial charge in [-0.3, -0.25) is 4.79 Å². The van der Waals surface area contributed by atoms with E-state index in [1.165, 1.54) is 6.26 Å². The molecule has 0 saturated heterocycles. The standard InChI is InChI=1S/C23H25NO4S/c1-16-13-20(22-24-11-12-28-22)10-9-19(16)14-21(25)18-7-5-17(6-8-18)15-29(26,27)23(2,3)4/h5-13H,14-15H2,1-4H3. The molecule has 0 aliphatic carbocycles. The molecule has 0 amide bonds. The first-order chi connectivity index (χ1) is 13.6. The summed E-state index contributed by atoms with van der Waals surface area (Å²) in [7, 11) is -3.26. The molecule has 0 radical (unpaired) electrons. The van der Waals surface area contributed by atoms with E-state index < -0.39 is 14.6 Å². The van der Waals surface area contributed by atoms with E-state index >= 15 is 0 Å². The summed E-state index contributed by atoms with van der Waals surface area (Å²) in [6, 6.07) is 12.6. The number of benzene rings is 2. The Morgan fingerprint density at radius 1 is 1.07 bits per heavy atom. The van der Waals surface area contributed by atoms with E-state index in [-0.39, 0.29) is 18.0 Å². The van der Waals surface area contributed by atoms with E-state index in [4.69, 9.17) is 4.42 Å². The lowest BCUT2D eigenvalue weighted by Crippen LogP contribution is -2.29. The zero-order valence-electron chi connectivity index (χ0n) is 17.1. The molecule has 0 atom stereocenters. The number of aryl methyl sites for hydroxylation is 1. The zero-order chi connectivity index (χ0) is 21.2. The first-order valence-corrected chi connectivity index (χ1v) is 11.1. The maximum Gasteiger partial charge on any atom is 0.225 e. The molecule has 5 nitrogen and oxygen atoms in total. The summed E-state index contributed by atoms with van der Waals surface area (Å²) in [6.45, 7) is 7.02. The number of Topliss-reactive ketones (excluding diaryl/α,β-unsaturated/α-hetero) is 1. The molecule has 1 aromatic heterocycles. The molecule has 0 saturated carbocycles. The number of sulfone groups is 1. The van der Waals surface area contributed by atoms with Crippen molar-refractivity contribution in [3.8, 4) is 11.5 Å². The van der Waals surface area contributed by atoms with Crippen molar-refractivity contribution in [1.82, 2.24) is 4.98 Å². The van der Waals surface area contributed by atoms with E-state index in [1.807, 2.05) is 25.1 Å². The highest BCUT2D eigenvalue weighted by atomic mass is 32.2. The molecule has 3 rings (SSSR count). The Morgan fingerprint density at radius 2 is 1.76 bits per heavy atom. The highest BCUT2D eigenvalue weighted by molar-refractivity contribution is 7.91. The third-order valence-corrected chi connectivity index (χ3v) is 7.52. The SMILES string of the molecule is Cc1cc(-c2ncco2)ccc1CC(=O)c1ccc(CS(=O)(=O)C(C)(C)C)cc1. The van der Waals surface area contributed by atoms with Crippen molar-refractivity contribution < 1.29 is 17.6 Å². The molecular weight excluding hydrogens is 386 g/mol. The van der Waals surface area contributed by atoms with Gasteiger partial charge < -0.3 is 4.42 Å². The fraction of sp³-hybridized carbons (Fsp3) is 0.304. The van der Waals surface area contributed by atoms with Gasteiger partial charge in [-0.25, -0.2) is 13.4 Å². The number of nitrogens with zero attached hydrogens (tertiary/aromatic N) is 1. The van der Waals surface area contributed by atoms with Gasteiger partial charge in [0, 0.05) is 17.5 Å². The summed E-state index contributed by atoms with van der Waals surface area (Å²) in [5.74, 6) is 0.501. The van der Waals surface area contributed by atoms with Crippen molar-refractivity contribution in [3.05, 3.63) is 77.2 Å². The van der Waals surface area contributed by atoms with Crippen molar-refractivity contribution in [2.45, 2.75) is 44.6 Å². The predicted molar refractivity (Wildman–Crippen MR) is 114 cm³/mol. The van der Waals surface area contributed by atoms with Gasteiger partial charge in [-0.2, -0.15) is 0 Å². The minimum absolute atomic E-state index is 0.0118. The largest absolute Gasteiger partial charge is 0.445 e. The number of hydrogen-bond donors (Lipinski definition) is 0. The lowest BCUT2D eigenvalue weighted by atomic mass is 9.97. The minimum atomic E-state index is -3.26. The van der Waals surface area contributed by atoms with Crippen LogP contribution in [0.25, 0.3) is 11.5 Å². The Morgan fingerprint density at radius 3 is 2.31 bits per heavy atom. The molecule has 152 valence electrons. The summed E-state index contributed by atoms with van der Waals surface area (Å²) in [5.41, 5.74) is 4.04. The van der Waals surface area contributed by atoms with Crippen LogP contribution in [-0.4, -0.2) is 23.9 Å². The molecule has 29 heavy (non-hydrogen) atoms. The number of hydrogen-bond acceptors (Lipinski definition) is 5. The summed E-state index contributed by atoms with van der Waals surface area (Å²) in [5, 5.41) is 0. The Labute approximate surface area is 171 Å². The Hall–Kier alpha value is -2.73. The van der Waals surface area contributed by atoms with Crippen LogP contribution in [0.2, 0.25) is 0 Å². The third-order valence-electron chi connectivity index (χ3n) is 4.94. The van der Waals surface area contributed by atoms with Gasteiger partial charge in [0.2, 0.25) is 5.89 Å². The van der Waals surface area contributed by atoms with Crippen LogP contribution in [0.1, 0.15) is 47.8 Å². The van der Waals surface area contributed by atoms with Crippen molar-refractivity contribution in [2.24, 2.45) is 0 Å². The van der Waals surface area contributed by atoms with Gasteiger partial charge in [0.15, 0.2) is 15.6 Å². The topological polar surface area (TPSA) is 77.2 Å². The zero-order valence-corrected chi connectivity index (χ0v) is 17.9. The Balaban J connectivity index is 1.71. The van der Waals surface area contributed by atoms with Crippen LogP contribution in [0.3, 0.4) is 0 Å². The monoisotopic (exact) mass is 411 g/mol. The number of carbonyl (C=O) groups is 1. The molecule has 6 heteroatoms. The van der Waals surface area contributed by atoms with Crippen LogP contribution in [0.5, 0.6) is 0 Å². The van der Waals surface area contributed by atoms with E-state index in [1.54, 1.807) is 51.2 Å². The maximum atomic E-state index is 12.7. The van der Waals surface area contributed by atoms with Gasteiger partial charge in [0.1, 0.15) is 6.26 Å². The Kier molecular flexibility index (Phi) is 5.75. The number of aromatic nitrogens is 1. The van der Waals surface area contributed by atoms with E-state index in [0.29, 0.717) is 17.0 Å². The molecule has 2 aromatic carbocycles. The highest BCUT2D eigenvalue weighted by Gasteiger charge is 2.28. The van der Waals surface area contributed by atoms with Crippen LogP contribution >= 0.6 is 0 Å². The second-order valence-corrected chi connectivity index (χ2v) is 10.9. The normalized spacial score (nSPS) is 12.1. The molecule has 0 aliphatic rings. The number of oxazole rings is 1. The molecular formula is C23H25NO4S. The van der Waals surface area contributed by atoms with Crippen LogP contribution in [-0.2, 0) is 22.0 Å². The molecule has 0 aliphatic heterocycles. The summed E-state index contributed by atoms with van der Waals surface area (Å²) >= 11 is 0. The highest BCUT2D eigenvalue weighted by Crippen LogP contribution is 2.23. The van der Waals surface area contributed by atoms with Gasteiger partial charge in [0.25, 0.3) is 0 Å². The van der Waals surface area contributed by atoms with Gasteiger partial charge in [0.05, 0.1) is 16.7 Å². The van der Waals surface area contributed by atoms with Crippen LogP contribution in [0.4, 0.5) is 0 Å². The van der Waals surface area contributed by atoms with Gasteiger partial charge in [-0.15, -0.1) is 0 Å². The molecule has 0 spiro atoms. The fourth-order valence-electron chi connectivity index (χ4n) is 2.89. The quantitative estimate of drug-likeness (QED) is 0.545. The van der Waals surface area contributed by atoms with Crippen LogP contribution in [0.15, 0.2) is 59.3 Å². The van der Waals surface area contributed by atoms with Crippen LogP contribution < -0.4 is 0 Å². The molecule has 0 fully saturated rings. The predicted octanol–water partition coefficient (Wildman–Crippen LogP) is 4.79. The second-order valence-electron chi connectivity index (χ2n) is 8.15. The lowest BCUT2D eigenvalue weighted by Gasteiger charge is -2.19. The fourth-order valence-corrected chi connectivity index (χ4v) is 3.96. The smallest absolute Gasteiger partial charge is 0.225 e. The number of carbonyl (C=O) groups excluding carboxylic acids is 1. The van der Waals surface area contributed by atoms with E-state index in [9.17, 15) is 13.2 Å². The molecule has 0 bridgehead atoms. The lowest BCUT2D eigenvalue weighted by molar-refractivity contribution is 0.0992. The average Bonchev–Trinajstić information content (AvgIpc) is 3.17. The maximum absolute atomic E-state index is 12.7. The number of ketones is 1.